The van der Waals surface area contributed by atoms with Gasteiger partial charge in [0.25, 0.3) is 0 Å². The van der Waals surface area contributed by atoms with Crippen LogP contribution in [0.15, 0.2) is 85.1 Å². The number of phosphoric ester groups is 1. The van der Waals surface area contributed by atoms with Gasteiger partial charge in [0.1, 0.15) is 0 Å². The molecule has 5 N–H and O–H groups in total. The van der Waals surface area contributed by atoms with Crippen molar-refractivity contribution in [3.8, 4) is 0 Å². The van der Waals surface area contributed by atoms with E-state index in [-0.39, 0.29) is 25.7 Å². The standard InChI is InChI=1S/C42H73N2O6P/c1-3-5-7-9-11-13-15-17-18-19-20-21-22-24-26-28-30-32-34-36-42(46)44-40(39-50-51(47,48)49-38-37-43)41(45)35-33-31-29-27-25-23-16-14-12-10-8-6-4-2/h5,7,11-14,17-18,20-21,25,27,33,35,40-41,45H,3-4,6,8-10,15-16,19,22-24,26,28-32,34,36-39,43H2,1-2H3,(H,44,46)(H,47,48)/b7-5-,13-11-,14-12+,18-17-,21-20-,27-25+,35-33+. The van der Waals surface area contributed by atoms with Crippen LogP contribution in [0.5, 0.6) is 0 Å². The molecule has 9 heteroatoms. The first-order valence-corrected chi connectivity index (χ1v) is 21.2. The molecule has 3 unspecified atom stereocenters. The summed E-state index contributed by atoms with van der Waals surface area (Å²) >= 11 is 0. The number of aliphatic hydroxyl groups excluding tert-OH is 1. The first-order chi connectivity index (χ1) is 24.9. The number of carbonyl (C=O) groups is 1. The maximum absolute atomic E-state index is 12.7. The summed E-state index contributed by atoms with van der Waals surface area (Å²) < 4.78 is 22.0. The molecule has 0 bridgehead atoms. The third-order valence-electron chi connectivity index (χ3n) is 7.93. The van der Waals surface area contributed by atoms with E-state index in [0.29, 0.717) is 6.42 Å². The number of hydrogen-bond donors (Lipinski definition) is 4. The lowest BCUT2D eigenvalue weighted by molar-refractivity contribution is -0.123. The van der Waals surface area contributed by atoms with E-state index in [1.54, 1.807) is 6.08 Å². The fourth-order valence-corrected chi connectivity index (χ4v) is 5.73. The third-order valence-corrected chi connectivity index (χ3v) is 8.92. The Kier molecular flexibility index (Phi) is 35.7. The van der Waals surface area contributed by atoms with Gasteiger partial charge in [0, 0.05) is 13.0 Å². The van der Waals surface area contributed by atoms with E-state index in [9.17, 15) is 19.4 Å². The Bertz CT molecular complexity index is 1070. The molecule has 0 aliphatic rings. The Balaban J connectivity index is 4.37. The van der Waals surface area contributed by atoms with Gasteiger partial charge in [-0.3, -0.25) is 13.8 Å². The normalized spacial score (nSPS) is 15.2. The number of allylic oxidation sites excluding steroid dienone is 13. The van der Waals surface area contributed by atoms with Crippen LogP contribution in [0.1, 0.15) is 142 Å². The van der Waals surface area contributed by atoms with Crippen molar-refractivity contribution in [2.24, 2.45) is 5.73 Å². The predicted octanol–water partition coefficient (Wildman–Crippen LogP) is 10.7. The predicted molar refractivity (Wildman–Crippen MR) is 216 cm³/mol. The molecule has 0 heterocycles. The second kappa shape index (κ2) is 37.4. The van der Waals surface area contributed by atoms with Crippen molar-refractivity contribution in [2.45, 2.75) is 154 Å². The monoisotopic (exact) mass is 733 g/mol. The van der Waals surface area contributed by atoms with Crippen LogP contribution in [-0.2, 0) is 18.4 Å². The van der Waals surface area contributed by atoms with Gasteiger partial charge in [-0.05, 0) is 83.5 Å². The molecule has 0 spiro atoms. The first-order valence-electron chi connectivity index (χ1n) is 19.7. The summed E-state index contributed by atoms with van der Waals surface area (Å²) in [4.78, 5) is 22.6. The summed E-state index contributed by atoms with van der Waals surface area (Å²) in [5.74, 6) is -0.228. The molecule has 1 amide bonds. The molecular weight excluding hydrogens is 659 g/mol. The van der Waals surface area contributed by atoms with Crippen LogP contribution in [0.3, 0.4) is 0 Å². The van der Waals surface area contributed by atoms with Crippen molar-refractivity contribution < 1.29 is 28.4 Å². The van der Waals surface area contributed by atoms with Crippen molar-refractivity contribution in [1.29, 1.82) is 0 Å². The van der Waals surface area contributed by atoms with Gasteiger partial charge >= 0.3 is 7.82 Å². The highest BCUT2D eigenvalue weighted by Gasteiger charge is 2.26. The largest absolute Gasteiger partial charge is 0.472 e. The average molecular weight is 733 g/mol. The lowest BCUT2D eigenvalue weighted by Gasteiger charge is -2.23. The smallest absolute Gasteiger partial charge is 0.387 e. The van der Waals surface area contributed by atoms with Crippen LogP contribution in [0.25, 0.3) is 0 Å². The SMILES string of the molecule is CC/C=C\C/C=C\C/C=C\C/C=C\CCCCCCCCC(=O)NC(COP(=O)(O)OCCN)C(O)/C=C/CC/C=C/CC/C=C/CCCCC. The van der Waals surface area contributed by atoms with Crippen molar-refractivity contribution in [3.05, 3.63) is 85.1 Å². The topological polar surface area (TPSA) is 131 Å². The lowest BCUT2D eigenvalue weighted by atomic mass is 10.1. The Morgan fingerprint density at radius 3 is 1.75 bits per heavy atom. The molecule has 3 atom stereocenters. The summed E-state index contributed by atoms with van der Waals surface area (Å²) in [6.45, 7) is 3.91. The van der Waals surface area contributed by atoms with Gasteiger partial charge < -0.3 is 21.1 Å². The molecule has 0 aromatic carbocycles. The van der Waals surface area contributed by atoms with E-state index in [0.717, 1.165) is 89.9 Å². The summed E-state index contributed by atoms with van der Waals surface area (Å²) in [6, 6.07) is -0.895. The fourth-order valence-electron chi connectivity index (χ4n) is 4.98. The van der Waals surface area contributed by atoms with Crippen LogP contribution in [0.2, 0.25) is 0 Å². The number of carbonyl (C=O) groups excluding carboxylic acids is 1. The average Bonchev–Trinajstić information content (AvgIpc) is 3.12. The molecule has 0 saturated carbocycles. The van der Waals surface area contributed by atoms with E-state index in [1.165, 1.54) is 32.1 Å². The molecule has 51 heavy (non-hydrogen) atoms. The number of phosphoric acid groups is 1. The van der Waals surface area contributed by atoms with Gasteiger partial charge in [0.2, 0.25) is 5.91 Å². The minimum absolute atomic E-state index is 0.0644. The van der Waals surface area contributed by atoms with Gasteiger partial charge in [-0.15, -0.1) is 0 Å². The third kappa shape index (κ3) is 35.9. The van der Waals surface area contributed by atoms with Crippen LogP contribution >= 0.6 is 7.82 Å². The van der Waals surface area contributed by atoms with Gasteiger partial charge in [-0.2, -0.15) is 0 Å². The minimum atomic E-state index is -4.36. The number of rotatable bonds is 35. The molecule has 0 aliphatic carbocycles. The Morgan fingerprint density at radius 1 is 0.667 bits per heavy atom. The second-order valence-electron chi connectivity index (χ2n) is 12.7. The zero-order valence-electron chi connectivity index (χ0n) is 32.1. The summed E-state index contributed by atoms with van der Waals surface area (Å²) in [5.41, 5.74) is 5.35. The van der Waals surface area contributed by atoms with Crippen molar-refractivity contribution >= 4 is 13.7 Å². The highest BCUT2D eigenvalue weighted by atomic mass is 31.2. The number of aliphatic hydroxyl groups is 1. The number of amides is 1. The van der Waals surface area contributed by atoms with Crippen molar-refractivity contribution in [3.63, 3.8) is 0 Å². The van der Waals surface area contributed by atoms with Crippen LogP contribution in [-0.4, -0.2) is 47.8 Å². The number of unbranched alkanes of at least 4 members (excludes halogenated alkanes) is 11. The highest BCUT2D eigenvalue weighted by molar-refractivity contribution is 7.47. The second-order valence-corrected chi connectivity index (χ2v) is 14.2. The van der Waals surface area contributed by atoms with E-state index < -0.39 is 20.0 Å². The summed E-state index contributed by atoms with van der Waals surface area (Å²) in [5, 5.41) is 13.6. The summed E-state index contributed by atoms with van der Waals surface area (Å²) in [6.07, 6.45) is 49.1. The molecule has 0 saturated heterocycles. The molecule has 0 rings (SSSR count). The Labute approximate surface area is 311 Å². The quantitative estimate of drug-likeness (QED) is 0.0290. The zero-order chi connectivity index (χ0) is 37.5. The molecule has 0 radical (unpaired) electrons. The van der Waals surface area contributed by atoms with Gasteiger partial charge in [0.05, 0.1) is 25.4 Å². The maximum Gasteiger partial charge on any atom is 0.472 e. The number of hydrogen-bond acceptors (Lipinski definition) is 6. The van der Waals surface area contributed by atoms with E-state index in [2.05, 4.69) is 92.1 Å². The van der Waals surface area contributed by atoms with Gasteiger partial charge in [-0.25, -0.2) is 4.57 Å². The van der Waals surface area contributed by atoms with Gasteiger partial charge in [0.15, 0.2) is 0 Å². The molecular formula is C42H73N2O6P. The molecule has 8 nitrogen and oxygen atoms in total. The summed E-state index contributed by atoms with van der Waals surface area (Å²) in [7, 11) is -4.36. The van der Waals surface area contributed by atoms with Crippen LogP contribution in [0, 0.1) is 0 Å². The van der Waals surface area contributed by atoms with E-state index in [1.807, 2.05) is 6.08 Å². The van der Waals surface area contributed by atoms with E-state index in [4.69, 9.17) is 14.8 Å². The molecule has 0 fully saturated rings. The molecule has 0 aromatic heterocycles. The first kappa shape index (κ1) is 48.7. The molecule has 0 aromatic rings. The fraction of sp³-hybridized carbons (Fsp3) is 0.643. The van der Waals surface area contributed by atoms with Crippen LogP contribution in [0.4, 0.5) is 0 Å². The highest BCUT2D eigenvalue weighted by Crippen LogP contribution is 2.43. The minimum Gasteiger partial charge on any atom is -0.387 e. The lowest BCUT2D eigenvalue weighted by Crippen LogP contribution is -2.45. The Morgan fingerprint density at radius 2 is 1.16 bits per heavy atom. The van der Waals surface area contributed by atoms with Crippen molar-refractivity contribution in [1.82, 2.24) is 5.32 Å². The number of nitrogens with one attached hydrogen (secondary N) is 1. The molecule has 292 valence electrons. The van der Waals surface area contributed by atoms with E-state index >= 15 is 0 Å². The molecule has 0 aliphatic heterocycles. The number of nitrogens with two attached hydrogens (primary N) is 1. The Hall–Kier alpha value is -2.32. The van der Waals surface area contributed by atoms with Crippen LogP contribution < -0.4 is 11.1 Å². The van der Waals surface area contributed by atoms with Crippen molar-refractivity contribution in [2.75, 3.05) is 19.8 Å². The maximum atomic E-state index is 12.7. The zero-order valence-corrected chi connectivity index (χ0v) is 32.9. The van der Waals surface area contributed by atoms with Gasteiger partial charge in [-0.1, -0.05) is 137 Å².